The van der Waals surface area contributed by atoms with Gasteiger partial charge in [0, 0.05) is 5.75 Å². The minimum absolute atomic E-state index is 0.280. The van der Waals surface area contributed by atoms with Crippen LogP contribution in [0, 0.1) is 22.7 Å². The molecular weight excluding hydrogens is 204 g/mol. The highest BCUT2D eigenvalue weighted by Crippen LogP contribution is 2.38. The van der Waals surface area contributed by atoms with E-state index in [-0.39, 0.29) is 11.0 Å². The summed E-state index contributed by atoms with van der Waals surface area (Å²) in [5.74, 6) is 2.70. The van der Waals surface area contributed by atoms with Gasteiger partial charge in [-0.3, -0.25) is 5.32 Å². The van der Waals surface area contributed by atoms with Crippen LogP contribution in [0.2, 0.25) is 0 Å². The van der Waals surface area contributed by atoms with Crippen molar-refractivity contribution in [1.29, 1.82) is 5.26 Å². The highest BCUT2D eigenvalue weighted by atomic mass is 32.2. The summed E-state index contributed by atoms with van der Waals surface area (Å²) in [5.41, 5.74) is -0.0146. The van der Waals surface area contributed by atoms with Gasteiger partial charge < -0.3 is 0 Å². The van der Waals surface area contributed by atoms with Crippen LogP contribution in [0.5, 0.6) is 0 Å². The molecule has 0 aromatic rings. The molecule has 0 aliphatic carbocycles. The Morgan fingerprint density at radius 1 is 1.40 bits per heavy atom. The lowest BCUT2D eigenvalue weighted by molar-refractivity contribution is 0.264. The number of hydrogen-bond donors (Lipinski definition) is 1. The van der Waals surface area contributed by atoms with Crippen LogP contribution in [0.4, 0.5) is 0 Å². The molecule has 3 heteroatoms. The largest absolute Gasteiger partial charge is 0.298 e. The van der Waals surface area contributed by atoms with E-state index in [9.17, 15) is 5.26 Å². The van der Waals surface area contributed by atoms with Crippen LogP contribution < -0.4 is 5.32 Å². The second kappa shape index (κ2) is 4.76. The molecule has 1 unspecified atom stereocenters. The van der Waals surface area contributed by atoms with Crippen LogP contribution in [0.3, 0.4) is 0 Å². The van der Waals surface area contributed by atoms with Crippen molar-refractivity contribution < 1.29 is 0 Å². The summed E-state index contributed by atoms with van der Waals surface area (Å²) in [4.78, 5) is 0. The first-order valence-electron chi connectivity index (χ1n) is 5.63. The normalized spacial score (nSPS) is 30.1. The molecule has 15 heavy (non-hydrogen) atoms. The van der Waals surface area contributed by atoms with Crippen LogP contribution in [-0.2, 0) is 0 Å². The predicted molar refractivity (Wildman–Crippen MR) is 66.9 cm³/mol. The molecule has 0 aromatic carbocycles. The van der Waals surface area contributed by atoms with Crippen molar-refractivity contribution in [3.63, 3.8) is 0 Å². The zero-order valence-electron chi connectivity index (χ0n) is 10.3. The third-order valence-corrected chi connectivity index (χ3v) is 4.37. The van der Waals surface area contributed by atoms with E-state index in [2.05, 4.69) is 39.1 Å². The van der Waals surface area contributed by atoms with Crippen molar-refractivity contribution in [2.45, 2.75) is 39.7 Å². The number of nitrogens with one attached hydrogen (secondary N) is 1. The fraction of sp³-hybridized carbons (Fsp3) is 0.917. The Morgan fingerprint density at radius 2 is 2.07 bits per heavy atom. The standard InChI is InChI=1S/C12H22N2S/c1-10(2)5-14-12(7-13)6-11(3,4)8-15-9-12/h10,14H,5-6,8-9H2,1-4H3. The predicted octanol–water partition coefficient (Wildman–Crippen LogP) is 2.66. The van der Waals surface area contributed by atoms with Gasteiger partial charge in [0.05, 0.1) is 6.07 Å². The molecule has 1 aliphatic heterocycles. The van der Waals surface area contributed by atoms with Crippen molar-refractivity contribution in [2.75, 3.05) is 18.1 Å². The van der Waals surface area contributed by atoms with Gasteiger partial charge in [0.15, 0.2) is 0 Å². The van der Waals surface area contributed by atoms with Gasteiger partial charge >= 0.3 is 0 Å². The molecule has 1 N–H and O–H groups in total. The Hall–Kier alpha value is -0.200. The first-order chi connectivity index (χ1) is 6.89. The van der Waals surface area contributed by atoms with Gasteiger partial charge in [-0.25, -0.2) is 0 Å². The number of thioether (sulfide) groups is 1. The maximum atomic E-state index is 9.36. The molecule has 0 radical (unpaired) electrons. The van der Waals surface area contributed by atoms with Gasteiger partial charge in [-0.1, -0.05) is 27.7 Å². The van der Waals surface area contributed by atoms with Crippen molar-refractivity contribution in [2.24, 2.45) is 11.3 Å². The first-order valence-corrected chi connectivity index (χ1v) is 6.79. The van der Waals surface area contributed by atoms with Crippen LogP contribution in [-0.4, -0.2) is 23.6 Å². The molecule has 2 nitrogen and oxygen atoms in total. The number of nitriles is 1. The zero-order chi connectivity index (χ0) is 11.5. The Kier molecular flexibility index (Phi) is 4.08. The molecule has 0 bridgehead atoms. The molecule has 1 aliphatic rings. The van der Waals surface area contributed by atoms with Gasteiger partial charge in [0.25, 0.3) is 0 Å². The molecular formula is C12H22N2S. The molecule has 86 valence electrons. The molecule has 0 saturated carbocycles. The molecule has 0 aromatic heterocycles. The number of nitrogens with zero attached hydrogens (tertiary/aromatic N) is 1. The summed E-state index contributed by atoms with van der Waals surface area (Å²) in [5, 5.41) is 12.8. The Balaban J connectivity index is 2.64. The number of rotatable bonds is 3. The van der Waals surface area contributed by atoms with E-state index in [0.29, 0.717) is 5.92 Å². The fourth-order valence-corrected chi connectivity index (χ4v) is 3.42. The van der Waals surface area contributed by atoms with Crippen molar-refractivity contribution >= 4 is 11.8 Å². The molecule has 1 rings (SSSR count). The van der Waals surface area contributed by atoms with Crippen LogP contribution in [0.15, 0.2) is 0 Å². The lowest BCUT2D eigenvalue weighted by Gasteiger charge is -2.41. The topological polar surface area (TPSA) is 35.8 Å². The summed E-state index contributed by atoms with van der Waals surface area (Å²) in [6, 6.07) is 2.50. The maximum absolute atomic E-state index is 9.36. The van der Waals surface area contributed by atoms with E-state index < -0.39 is 0 Å². The van der Waals surface area contributed by atoms with E-state index in [1.54, 1.807) is 0 Å². The molecule has 1 fully saturated rings. The molecule has 0 spiro atoms. The molecule has 1 heterocycles. The average Bonchev–Trinajstić information content (AvgIpc) is 2.13. The van der Waals surface area contributed by atoms with E-state index in [4.69, 9.17) is 0 Å². The van der Waals surface area contributed by atoms with E-state index >= 15 is 0 Å². The first kappa shape index (κ1) is 12.9. The van der Waals surface area contributed by atoms with Crippen LogP contribution in [0.1, 0.15) is 34.1 Å². The summed E-state index contributed by atoms with van der Waals surface area (Å²) in [6.07, 6.45) is 0.968. The zero-order valence-corrected chi connectivity index (χ0v) is 11.1. The molecule has 0 amide bonds. The van der Waals surface area contributed by atoms with E-state index in [1.807, 2.05) is 11.8 Å². The van der Waals surface area contributed by atoms with Gasteiger partial charge in [-0.2, -0.15) is 17.0 Å². The monoisotopic (exact) mass is 226 g/mol. The smallest absolute Gasteiger partial charge is 0.116 e. The third kappa shape index (κ3) is 3.70. The van der Waals surface area contributed by atoms with Crippen molar-refractivity contribution in [3.8, 4) is 6.07 Å². The third-order valence-electron chi connectivity index (χ3n) is 2.68. The highest BCUT2D eigenvalue weighted by Gasteiger charge is 2.40. The Morgan fingerprint density at radius 3 is 2.53 bits per heavy atom. The molecule has 1 atom stereocenters. The summed E-state index contributed by atoms with van der Waals surface area (Å²) < 4.78 is 0. The highest BCUT2D eigenvalue weighted by molar-refractivity contribution is 7.99. The quantitative estimate of drug-likeness (QED) is 0.803. The van der Waals surface area contributed by atoms with Gasteiger partial charge in [0.1, 0.15) is 5.54 Å². The minimum Gasteiger partial charge on any atom is -0.298 e. The van der Waals surface area contributed by atoms with Crippen molar-refractivity contribution in [3.05, 3.63) is 0 Å². The summed E-state index contributed by atoms with van der Waals surface area (Å²) >= 11 is 1.90. The van der Waals surface area contributed by atoms with Gasteiger partial charge in [-0.15, -0.1) is 0 Å². The van der Waals surface area contributed by atoms with Crippen molar-refractivity contribution in [1.82, 2.24) is 5.32 Å². The SMILES string of the molecule is CC(C)CNC1(C#N)CSCC(C)(C)C1. The Labute approximate surface area is 97.8 Å². The van der Waals surface area contributed by atoms with Gasteiger partial charge in [-0.05, 0) is 30.1 Å². The van der Waals surface area contributed by atoms with E-state index in [0.717, 1.165) is 18.7 Å². The summed E-state index contributed by atoms with van der Waals surface area (Å²) in [6.45, 7) is 9.80. The van der Waals surface area contributed by atoms with Gasteiger partial charge in [0.2, 0.25) is 0 Å². The molecule has 1 saturated heterocycles. The Bertz CT molecular complexity index is 255. The lowest BCUT2D eigenvalue weighted by Crippen LogP contribution is -2.53. The van der Waals surface area contributed by atoms with Crippen LogP contribution >= 0.6 is 11.8 Å². The minimum atomic E-state index is -0.295. The fourth-order valence-electron chi connectivity index (χ4n) is 2.04. The average molecular weight is 226 g/mol. The summed E-state index contributed by atoms with van der Waals surface area (Å²) in [7, 11) is 0. The second-order valence-corrected chi connectivity index (χ2v) is 6.79. The lowest BCUT2D eigenvalue weighted by atomic mass is 9.80. The maximum Gasteiger partial charge on any atom is 0.116 e. The number of hydrogen-bond acceptors (Lipinski definition) is 3. The van der Waals surface area contributed by atoms with Crippen LogP contribution in [0.25, 0.3) is 0 Å². The van der Waals surface area contributed by atoms with E-state index in [1.165, 1.54) is 5.75 Å². The second-order valence-electron chi connectivity index (χ2n) is 5.80.